The molecule has 0 spiro atoms. The van der Waals surface area contributed by atoms with Crippen LogP contribution in [-0.4, -0.2) is 44.1 Å². The monoisotopic (exact) mass is 452 g/mol. The lowest BCUT2D eigenvalue weighted by Crippen LogP contribution is -2.67. The van der Waals surface area contributed by atoms with Crippen LogP contribution in [0.3, 0.4) is 0 Å². The molecule has 0 N–H and O–H groups in total. The van der Waals surface area contributed by atoms with Gasteiger partial charge < -0.3 is 9.69 Å². The number of aryl methyl sites for hydroxylation is 1. The summed E-state index contributed by atoms with van der Waals surface area (Å²) < 4.78 is 29.6. The molecule has 2 aromatic rings. The molecule has 5 rings (SSSR count). The highest BCUT2D eigenvalue weighted by molar-refractivity contribution is 7.92. The van der Waals surface area contributed by atoms with Crippen molar-refractivity contribution < 1.29 is 18.0 Å². The van der Waals surface area contributed by atoms with Gasteiger partial charge in [-0.25, -0.2) is 8.42 Å². The number of piperidine rings is 2. The number of carbonyl (C=O) groups is 2. The third-order valence-electron chi connectivity index (χ3n) is 7.73. The van der Waals surface area contributed by atoms with Gasteiger partial charge in [-0.15, -0.1) is 0 Å². The summed E-state index contributed by atoms with van der Waals surface area (Å²) >= 11 is 0. The first kappa shape index (κ1) is 21.2. The minimum absolute atomic E-state index is 0.0139. The molecule has 2 saturated heterocycles. The maximum atomic E-state index is 14.0. The molecular weight excluding hydrogens is 424 g/mol. The molecule has 4 atom stereocenters. The number of carbonyl (C=O) groups excluding carboxylic acids is 2. The molecule has 3 aliphatic heterocycles. The zero-order valence-corrected chi connectivity index (χ0v) is 19.2. The van der Waals surface area contributed by atoms with Crippen LogP contribution < -0.4 is 4.31 Å². The maximum absolute atomic E-state index is 14.0. The smallest absolute Gasteiger partial charge is 0.264 e. The Morgan fingerprint density at radius 2 is 1.84 bits per heavy atom. The number of hydrogen-bond acceptors (Lipinski definition) is 4. The number of fused-ring (bicyclic) bond motifs is 5. The van der Waals surface area contributed by atoms with E-state index in [0.717, 1.165) is 23.8 Å². The van der Waals surface area contributed by atoms with Crippen LogP contribution in [-0.2, 0) is 19.6 Å². The summed E-state index contributed by atoms with van der Waals surface area (Å²) in [5, 5.41) is 0. The van der Waals surface area contributed by atoms with E-state index in [1.165, 1.54) is 4.31 Å². The zero-order valence-electron chi connectivity index (χ0n) is 18.4. The Bertz CT molecular complexity index is 1180. The van der Waals surface area contributed by atoms with Gasteiger partial charge in [-0.1, -0.05) is 42.8 Å². The van der Waals surface area contributed by atoms with Gasteiger partial charge in [0.2, 0.25) is 5.91 Å². The molecule has 6 nitrogen and oxygen atoms in total. The van der Waals surface area contributed by atoms with Gasteiger partial charge in [0, 0.05) is 24.3 Å². The van der Waals surface area contributed by atoms with Crippen LogP contribution in [0.4, 0.5) is 5.69 Å². The van der Waals surface area contributed by atoms with Crippen molar-refractivity contribution >= 4 is 27.9 Å². The van der Waals surface area contributed by atoms with Crippen molar-refractivity contribution in [2.45, 2.75) is 62.4 Å². The van der Waals surface area contributed by atoms with Crippen molar-refractivity contribution in [3.8, 4) is 0 Å². The molecule has 0 aromatic heterocycles. The van der Waals surface area contributed by atoms with Crippen molar-refractivity contribution in [1.82, 2.24) is 4.90 Å². The third-order valence-corrected chi connectivity index (χ3v) is 9.56. The summed E-state index contributed by atoms with van der Waals surface area (Å²) in [6.07, 6.45) is 3.24. The fourth-order valence-corrected chi connectivity index (χ4v) is 7.80. The Balaban J connectivity index is 1.73. The fourth-order valence-electron chi connectivity index (χ4n) is 6.09. The molecule has 2 aromatic carbocycles. The topological polar surface area (TPSA) is 74.8 Å². The number of amides is 1. The van der Waals surface area contributed by atoms with Gasteiger partial charge in [-0.2, -0.15) is 0 Å². The second-order valence-electron chi connectivity index (χ2n) is 9.31. The van der Waals surface area contributed by atoms with Gasteiger partial charge in [0.15, 0.2) is 0 Å². The van der Waals surface area contributed by atoms with E-state index in [9.17, 15) is 18.0 Å². The van der Waals surface area contributed by atoms with E-state index in [4.69, 9.17) is 0 Å². The molecule has 7 heteroatoms. The summed E-state index contributed by atoms with van der Waals surface area (Å²) in [6, 6.07) is 13.4. The number of para-hydroxylation sites is 1. The molecule has 0 radical (unpaired) electrons. The molecule has 0 unspecified atom stereocenters. The van der Waals surface area contributed by atoms with Crippen LogP contribution in [0.5, 0.6) is 0 Å². The summed E-state index contributed by atoms with van der Waals surface area (Å²) in [5.41, 5.74) is 1.73. The highest BCUT2D eigenvalue weighted by Gasteiger charge is 2.60. The largest absolute Gasteiger partial charge is 0.337 e. The van der Waals surface area contributed by atoms with E-state index in [2.05, 4.69) is 0 Å². The molecule has 0 bridgehead atoms. The Morgan fingerprint density at radius 3 is 2.53 bits per heavy atom. The number of anilines is 1. The first-order valence-corrected chi connectivity index (χ1v) is 12.7. The summed E-state index contributed by atoms with van der Waals surface area (Å²) in [7, 11) is -3.89. The highest BCUT2D eigenvalue weighted by Crippen LogP contribution is 2.55. The Hall–Kier alpha value is -2.67. The minimum atomic E-state index is -3.89. The first-order valence-electron chi connectivity index (χ1n) is 11.3. The summed E-state index contributed by atoms with van der Waals surface area (Å²) in [6.45, 7) is 4.45. The van der Waals surface area contributed by atoms with E-state index in [0.29, 0.717) is 25.1 Å². The lowest BCUT2D eigenvalue weighted by Gasteiger charge is -2.55. The number of nitrogens with zero attached hydrogens (tertiary/aromatic N) is 2. The van der Waals surface area contributed by atoms with E-state index in [1.807, 2.05) is 38.1 Å². The molecule has 0 aliphatic carbocycles. The zero-order chi connectivity index (χ0) is 22.7. The van der Waals surface area contributed by atoms with E-state index in [-0.39, 0.29) is 23.1 Å². The maximum Gasteiger partial charge on any atom is 0.264 e. The van der Waals surface area contributed by atoms with Crippen LogP contribution >= 0.6 is 0 Å². The van der Waals surface area contributed by atoms with Gasteiger partial charge in [0.25, 0.3) is 10.0 Å². The second-order valence-corrected chi connectivity index (χ2v) is 11.1. The standard InChI is InChI=1S/C25H28N2O4S/c1-3-25(16-28)13-6-14-26-22(29)15-20-19-7-4-5-8-21(19)27(23(20)24(25)26)32(30,31)18-11-9-17(2)10-12-18/h4-5,7-12,16,20,23-24H,3,6,13-15H2,1-2H3/t20-,23+,24+,25-/m1/s1. The Kier molecular flexibility index (Phi) is 4.93. The Morgan fingerprint density at radius 1 is 1.12 bits per heavy atom. The molecule has 0 saturated carbocycles. The van der Waals surface area contributed by atoms with E-state index in [1.54, 1.807) is 29.2 Å². The number of hydrogen-bond donors (Lipinski definition) is 0. The third kappa shape index (κ3) is 2.86. The van der Waals surface area contributed by atoms with Crippen LogP contribution in [0.2, 0.25) is 0 Å². The van der Waals surface area contributed by atoms with Crippen molar-refractivity contribution in [2.24, 2.45) is 5.41 Å². The number of sulfonamides is 1. The van der Waals surface area contributed by atoms with Crippen molar-refractivity contribution in [2.75, 3.05) is 10.8 Å². The van der Waals surface area contributed by atoms with Crippen molar-refractivity contribution in [1.29, 1.82) is 0 Å². The first-order chi connectivity index (χ1) is 15.3. The number of aldehydes is 1. The SMILES string of the molecule is CC[C@]1(C=O)CCCN2C(=O)C[C@@H]3c4ccccc4N(S(=O)(=O)c4ccc(C)cc4)[C@@H]3[C@H]21. The van der Waals surface area contributed by atoms with E-state index < -0.39 is 27.5 Å². The highest BCUT2D eigenvalue weighted by atomic mass is 32.2. The minimum Gasteiger partial charge on any atom is -0.337 e. The van der Waals surface area contributed by atoms with Crippen LogP contribution in [0.25, 0.3) is 0 Å². The van der Waals surface area contributed by atoms with Crippen molar-refractivity contribution in [3.05, 3.63) is 59.7 Å². The second kappa shape index (κ2) is 7.44. The average molecular weight is 453 g/mol. The predicted octanol–water partition coefficient (Wildman–Crippen LogP) is 3.65. The predicted molar refractivity (Wildman–Crippen MR) is 122 cm³/mol. The molecule has 3 aliphatic rings. The normalized spacial score (nSPS) is 29.3. The van der Waals surface area contributed by atoms with E-state index >= 15 is 0 Å². The summed E-state index contributed by atoms with van der Waals surface area (Å²) in [5.74, 6) is -0.246. The lowest BCUT2D eigenvalue weighted by atomic mass is 9.65. The average Bonchev–Trinajstić information content (AvgIpc) is 3.14. The quantitative estimate of drug-likeness (QED) is 0.664. The number of benzene rings is 2. The summed E-state index contributed by atoms with van der Waals surface area (Å²) in [4.78, 5) is 27.7. The molecule has 1 amide bonds. The Labute approximate surface area is 189 Å². The van der Waals surface area contributed by atoms with Crippen molar-refractivity contribution in [3.63, 3.8) is 0 Å². The van der Waals surface area contributed by atoms with Gasteiger partial charge in [0.1, 0.15) is 6.29 Å². The van der Waals surface area contributed by atoms with Gasteiger partial charge in [0.05, 0.1) is 22.7 Å². The molecule has 168 valence electrons. The van der Waals surface area contributed by atoms with Crippen LogP contribution in [0, 0.1) is 12.3 Å². The van der Waals surface area contributed by atoms with Gasteiger partial charge in [-0.05, 0) is 49.9 Å². The van der Waals surface area contributed by atoms with Crippen LogP contribution in [0.15, 0.2) is 53.4 Å². The number of rotatable bonds is 4. The lowest BCUT2D eigenvalue weighted by molar-refractivity contribution is -0.149. The van der Waals surface area contributed by atoms with Gasteiger partial charge in [-0.3, -0.25) is 9.10 Å². The molecule has 32 heavy (non-hydrogen) atoms. The molecular formula is C25H28N2O4S. The molecule has 3 heterocycles. The van der Waals surface area contributed by atoms with Crippen LogP contribution in [0.1, 0.15) is 49.7 Å². The fraction of sp³-hybridized carbons (Fsp3) is 0.440. The van der Waals surface area contributed by atoms with Gasteiger partial charge >= 0.3 is 0 Å². The molecule has 2 fully saturated rings.